The first-order chi connectivity index (χ1) is 10.2. The summed E-state index contributed by atoms with van der Waals surface area (Å²) in [7, 11) is 0. The van der Waals surface area contributed by atoms with E-state index in [2.05, 4.69) is 15.1 Å². The molecular formula is C17H31N3O. The van der Waals surface area contributed by atoms with Gasteiger partial charge in [0.1, 0.15) is 0 Å². The van der Waals surface area contributed by atoms with Gasteiger partial charge in [0.15, 0.2) is 0 Å². The van der Waals surface area contributed by atoms with E-state index >= 15 is 0 Å². The van der Waals surface area contributed by atoms with Gasteiger partial charge in [0.25, 0.3) is 0 Å². The van der Waals surface area contributed by atoms with Crippen molar-refractivity contribution in [2.75, 3.05) is 52.4 Å². The fraction of sp³-hybridized carbons (Fsp3) is 1.00. The molecule has 4 nitrogen and oxygen atoms in total. The van der Waals surface area contributed by atoms with Crippen molar-refractivity contribution in [3.05, 3.63) is 0 Å². The SMILES string of the molecule is OCC1(CN2CCC3(CC2)CC(N2CCNCC2)C3)CC1. The van der Waals surface area contributed by atoms with Crippen molar-refractivity contribution in [3.8, 4) is 0 Å². The molecule has 2 aliphatic carbocycles. The molecule has 4 heteroatoms. The van der Waals surface area contributed by atoms with Crippen molar-refractivity contribution in [1.82, 2.24) is 15.1 Å². The number of hydrogen-bond acceptors (Lipinski definition) is 4. The Balaban J connectivity index is 1.23. The number of nitrogens with one attached hydrogen (secondary N) is 1. The van der Waals surface area contributed by atoms with E-state index in [-0.39, 0.29) is 0 Å². The summed E-state index contributed by atoms with van der Waals surface area (Å²) in [5.74, 6) is 0. The van der Waals surface area contributed by atoms with E-state index < -0.39 is 0 Å². The Bertz CT molecular complexity index is 360. The molecule has 2 aliphatic heterocycles. The minimum atomic E-state index is 0.299. The molecule has 0 aromatic heterocycles. The number of piperidine rings is 1. The highest BCUT2D eigenvalue weighted by Gasteiger charge is 2.49. The molecule has 2 heterocycles. The molecule has 0 unspecified atom stereocenters. The van der Waals surface area contributed by atoms with E-state index in [0.29, 0.717) is 17.4 Å². The summed E-state index contributed by atoms with van der Waals surface area (Å²) in [5.41, 5.74) is 0.982. The van der Waals surface area contributed by atoms with Crippen molar-refractivity contribution in [1.29, 1.82) is 0 Å². The van der Waals surface area contributed by atoms with Crippen LogP contribution in [0.15, 0.2) is 0 Å². The summed E-state index contributed by atoms with van der Waals surface area (Å²) in [5, 5.41) is 12.9. The molecule has 1 spiro atoms. The summed E-state index contributed by atoms with van der Waals surface area (Å²) in [6.45, 7) is 8.98. The predicted molar refractivity (Wildman–Crippen MR) is 84.3 cm³/mol. The summed E-state index contributed by atoms with van der Waals surface area (Å²) in [6.07, 6.45) is 8.19. The molecule has 21 heavy (non-hydrogen) atoms. The zero-order chi connectivity index (χ0) is 14.3. The molecule has 0 atom stereocenters. The number of hydrogen-bond donors (Lipinski definition) is 2. The lowest BCUT2D eigenvalue weighted by atomic mass is 9.60. The van der Waals surface area contributed by atoms with E-state index in [0.717, 1.165) is 12.6 Å². The standard InChI is InChI=1S/C17H31N3O/c21-14-17(1-2-17)13-19-7-3-16(4-8-19)11-15(12-16)20-9-5-18-6-10-20/h15,18,21H,1-14H2. The van der Waals surface area contributed by atoms with Crippen LogP contribution in [0.2, 0.25) is 0 Å². The highest BCUT2D eigenvalue weighted by Crippen LogP contribution is 2.52. The van der Waals surface area contributed by atoms with Crippen LogP contribution in [0.5, 0.6) is 0 Å². The molecule has 0 bridgehead atoms. The molecule has 0 aromatic rings. The van der Waals surface area contributed by atoms with Crippen molar-refractivity contribution >= 4 is 0 Å². The molecule has 4 fully saturated rings. The van der Waals surface area contributed by atoms with Gasteiger partial charge in [0.2, 0.25) is 0 Å². The molecular weight excluding hydrogens is 262 g/mol. The third-order valence-electron chi connectivity index (χ3n) is 6.77. The van der Waals surface area contributed by atoms with E-state index in [1.54, 1.807) is 0 Å². The van der Waals surface area contributed by atoms with Crippen LogP contribution in [0.1, 0.15) is 38.5 Å². The average molecular weight is 293 g/mol. The van der Waals surface area contributed by atoms with Crippen LogP contribution in [0.25, 0.3) is 0 Å². The van der Waals surface area contributed by atoms with Gasteiger partial charge in [-0.05, 0) is 57.0 Å². The highest BCUT2D eigenvalue weighted by atomic mass is 16.3. The zero-order valence-corrected chi connectivity index (χ0v) is 13.3. The van der Waals surface area contributed by atoms with E-state index in [9.17, 15) is 5.11 Å². The van der Waals surface area contributed by atoms with Crippen LogP contribution in [-0.4, -0.2) is 73.4 Å². The first-order valence-electron chi connectivity index (χ1n) is 9.01. The topological polar surface area (TPSA) is 38.7 Å². The third-order valence-corrected chi connectivity index (χ3v) is 6.77. The number of likely N-dealkylation sites (tertiary alicyclic amines) is 1. The molecule has 4 rings (SSSR count). The number of nitrogens with zero attached hydrogens (tertiary/aromatic N) is 2. The van der Waals surface area contributed by atoms with Crippen molar-refractivity contribution < 1.29 is 5.11 Å². The first kappa shape index (κ1) is 14.4. The molecule has 4 aliphatic rings. The van der Waals surface area contributed by atoms with Gasteiger partial charge in [-0.2, -0.15) is 0 Å². The largest absolute Gasteiger partial charge is 0.396 e. The Morgan fingerprint density at radius 3 is 2.19 bits per heavy atom. The second-order valence-corrected chi connectivity index (χ2v) is 8.28. The Morgan fingerprint density at radius 2 is 1.62 bits per heavy atom. The van der Waals surface area contributed by atoms with Crippen molar-refractivity contribution in [2.24, 2.45) is 10.8 Å². The maximum Gasteiger partial charge on any atom is 0.0499 e. The van der Waals surface area contributed by atoms with Crippen LogP contribution in [-0.2, 0) is 0 Å². The van der Waals surface area contributed by atoms with Gasteiger partial charge in [-0.25, -0.2) is 0 Å². The number of aliphatic hydroxyl groups excluding tert-OH is 1. The van der Waals surface area contributed by atoms with Gasteiger partial charge in [-0.15, -0.1) is 0 Å². The lowest BCUT2D eigenvalue weighted by molar-refractivity contribution is -0.0494. The summed E-state index contributed by atoms with van der Waals surface area (Å²) < 4.78 is 0. The fourth-order valence-corrected chi connectivity index (χ4v) is 4.86. The molecule has 0 radical (unpaired) electrons. The Kier molecular flexibility index (Phi) is 3.77. The summed E-state index contributed by atoms with van der Waals surface area (Å²) >= 11 is 0. The quantitative estimate of drug-likeness (QED) is 0.808. The van der Waals surface area contributed by atoms with Gasteiger partial charge < -0.3 is 15.3 Å². The van der Waals surface area contributed by atoms with Crippen molar-refractivity contribution in [3.63, 3.8) is 0 Å². The molecule has 2 N–H and O–H groups in total. The molecule has 2 saturated heterocycles. The second-order valence-electron chi connectivity index (χ2n) is 8.28. The van der Waals surface area contributed by atoms with Gasteiger partial charge in [-0.3, -0.25) is 4.90 Å². The molecule has 120 valence electrons. The predicted octanol–water partition coefficient (Wildman–Crippen LogP) is 0.909. The molecule has 0 amide bonds. The minimum absolute atomic E-state index is 0.299. The number of piperazine rings is 1. The van der Waals surface area contributed by atoms with Crippen LogP contribution in [0.4, 0.5) is 0 Å². The maximum atomic E-state index is 9.49. The van der Waals surface area contributed by atoms with Crippen molar-refractivity contribution in [2.45, 2.75) is 44.6 Å². The monoisotopic (exact) mass is 293 g/mol. The van der Waals surface area contributed by atoms with Gasteiger partial charge in [-0.1, -0.05) is 0 Å². The zero-order valence-electron chi connectivity index (χ0n) is 13.3. The normalized spacial score (nSPS) is 33.0. The second kappa shape index (κ2) is 5.48. The average Bonchev–Trinajstić information content (AvgIpc) is 3.27. The van der Waals surface area contributed by atoms with Gasteiger partial charge >= 0.3 is 0 Å². The first-order valence-corrected chi connectivity index (χ1v) is 9.01. The number of rotatable bonds is 4. The Labute approximate surface area is 128 Å². The van der Waals surface area contributed by atoms with Crippen LogP contribution >= 0.6 is 0 Å². The van der Waals surface area contributed by atoms with Crippen LogP contribution < -0.4 is 5.32 Å². The number of aliphatic hydroxyl groups is 1. The third kappa shape index (κ3) is 2.88. The lowest BCUT2D eigenvalue weighted by Crippen LogP contribution is -2.58. The van der Waals surface area contributed by atoms with Gasteiger partial charge in [0, 0.05) is 50.8 Å². The minimum Gasteiger partial charge on any atom is -0.396 e. The Hall–Kier alpha value is -0.160. The molecule has 0 aromatic carbocycles. The highest BCUT2D eigenvalue weighted by molar-refractivity contribution is 5.03. The van der Waals surface area contributed by atoms with Crippen LogP contribution in [0.3, 0.4) is 0 Å². The Morgan fingerprint density at radius 1 is 0.952 bits per heavy atom. The van der Waals surface area contributed by atoms with Gasteiger partial charge in [0.05, 0.1) is 0 Å². The van der Waals surface area contributed by atoms with E-state index in [1.807, 2.05) is 0 Å². The maximum absolute atomic E-state index is 9.49. The smallest absolute Gasteiger partial charge is 0.0499 e. The van der Waals surface area contributed by atoms with E-state index in [1.165, 1.54) is 77.8 Å². The fourth-order valence-electron chi connectivity index (χ4n) is 4.86. The summed E-state index contributed by atoms with van der Waals surface area (Å²) in [4.78, 5) is 5.35. The molecule has 2 saturated carbocycles. The van der Waals surface area contributed by atoms with Crippen LogP contribution in [0, 0.1) is 10.8 Å². The summed E-state index contributed by atoms with van der Waals surface area (Å²) in [6, 6.07) is 0.880. The van der Waals surface area contributed by atoms with E-state index in [4.69, 9.17) is 0 Å². The lowest BCUT2D eigenvalue weighted by Gasteiger charge is -2.56.